The van der Waals surface area contributed by atoms with E-state index < -0.39 is 6.03 Å². The molecule has 142 valence electrons. The van der Waals surface area contributed by atoms with Crippen LogP contribution in [0.1, 0.15) is 21.6 Å². The van der Waals surface area contributed by atoms with Crippen molar-refractivity contribution >= 4 is 29.3 Å². The molecule has 28 heavy (non-hydrogen) atoms. The van der Waals surface area contributed by atoms with E-state index in [0.29, 0.717) is 28.3 Å². The Morgan fingerprint density at radius 1 is 0.893 bits per heavy atom. The smallest absolute Gasteiger partial charge is 0.308 e. The summed E-state index contributed by atoms with van der Waals surface area (Å²) in [4.78, 5) is 37.6. The Morgan fingerprint density at radius 3 is 2.25 bits per heavy atom. The van der Waals surface area contributed by atoms with Crippen molar-refractivity contribution < 1.29 is 14.4 Å². The lowest BCUT2D eigenvalue weighted by Gasteiger charge is -2.09. The first-order valence-electron chi connectivity index (χ1n) is 8.47. The van der Waals surface area contributed by atoms with Crippen LogP contribution in [-0.2, 0) is 4.84 Å². The molecule has 3 N–H and O–H groups in total. The molecule has 0 spiro atoms. The molecule has 0 bridgehead atoms. The summed E-state index contributed by atoms with van der Waals surface area (Å²) in [6.45, 7) is 1.77. The minimum atomic E-state index is -0.504. The van der Waals surface area contributed by atoms with Crippen molar-refractivity contribution in [3.05, 3.63) is 77.5 Å². The molecule has 8 heteroatoms. The minimum Gasteiger partial charge on any atom is -0.308 e. The van der Waals surface area contributed by atoms with Crippen LogP contribution < -0.4 is 16.1 Å². The molecule has 2 amide bonds. The molecule has 3 aromatic rings. The lowest BCUT2D eigenvalue weighted by atomic mass is 10.0. The Kier molecular flexibility index (Phi) is 5.93. The highest BCUT2D eigenvalue weighted by molar-refractivity contribution is 6.09. The zero-order valence-electron chi connectivity index (χ0n) is 15.4. The number of hydrogen-bond acceptors (Lipinski definition) is 6. The molecule has 0 fully saturated rings. The maximum atomic E-state index is 12.4. The van der Waals surface area contributed by atoms with E-state index in [1.165, 1.54) is 7.11 Å². The molecule has 0 aliphatic heterocycles. The minimum absolute atomic E-state index is 0.0806. The fourth-order valence-electron chi connectivity index (χ4n) is 2.51. The number of nitrogens with zero attached hydrogens (tertiary/aromatic N) is 2. The van der Waals surface area contributed by atoms with E-state index in [1.54, 1.807) is 49.4 Å². The summed E-state index contributed by atoms with van der Waals surface area (Å²) in [7, 11) is 1.46. The van der Waals surface area contributed by atoms with Gasteiger partial charge in [-0.05, 0) is 31.2 Å². The fourth-order valence-corrected chi connectivity index (χ4v) is 2.51. The molecule has 1 aromatic heterocycles. The SMILES string of the molecule is CONc1cc(C)nc(NC(=O)Nc2ccc(C(=O)c3ccccc3)cc2)n1. The van der Waals surface area contributed by atoms with E-state index >= 15 is 0 Å². The van der Waals surface area contributed by atoms with E-state index in [9.17, 15) is 9.59 Å². The van der Waals surface area contributed by atoms with Crippen LogP contribution in [0, 0.1) is 6.92 Å². The number of hydrogen-bond donors (Lipinski definition) is 3. The van der Waals surface area contributed by atoms with Gasteiger partial charge in [0.1, 0.15) is 0 Å². The molecule has 0 saturated heterocycles. The van der Waals surface area contributed by atoms with Crippen LogP contribution in [0.4, 0.5) is 22.2 Å². The van der Waals surface area contributed by atoms with Gasteiger partial charge in [0.25, 0.3) is 0 Å². The van der Waals surface area contributed by atoms with Gasteiger partial charge in [0.15, 0.2) is 11.6 Å². The van der Waals surface area contributed by atoms with Crippen molar-refractivity contribution in [1.82, 2.24) is 9.97 Å². The zero-order chi connectivity index (χ0) is 19.9. The molecule has 2 aromatic carbocycles. The largest absolute Gasteiger partial charge is 0.326 e. The number of rotatable bonds is 6. The average molecular weight is 377 g/mol. The van der Waals surface area contributed by atoms with Gasteiger partial charge < -0.3 is 5.32 Å². The fraction of sp³-hybridized carbons (Fsp3) is 0.100. The molecule has 1 heterocycles. The number of urea groups is 1. The van der Waals surface area contributed by atoms with Gasteiger partial charge in [0.05, 0.1) is 7.11 Å². The van der Waals surface area contributed by atoms with Crippen molar-refractivity contribution in [1.29, 1.82) is 0 Å². The third-order valence-corrected chi connectivity index (χ3v) is 3.73. The lowest BCUT2D eigenvalue weighted by Crippen LogP contribution is -2.21. The van der Waals surface area contributed by atoms with Gasteiger partial charge in [-0.3, -0.25) is 14.9 Å². The average Bonchev–Trinajstić information content (AvgIpc) is 2.68. The first kappa shape index (κ1) is 19.0. The van der Waals surface area contributed by atoms with Crippen molar-refractivity contribution in [2.24, 2.45) is 0 Å². The van der Waals surface area contributed by atoms with Gasteiger partial charge in [0.2, 0.25) is 5.95 Å². The van der Waals surface area contributed by atoms with Crippen LogP contribution in [0.25, 0.3) is 0 Å². The highest BCUT2D eigenvalue weighted by atomic mass is 16.6. The summed E-state index contributed by atoms with van der Waals surface area (Å²) in [6, 6.07) is 16.8. The van der Waals surface area contributed by atoms with Gasteiger partial charge in [-0.25, -0.2) is 15.3 Å². The number of ketones is 1. The first-order valence-corrected chi connectivity index (χ1v) is 8.47. The number of aryl methyl sites for hydroxylation is 1. The Bertz CT molecular complexity index is 975. The quantitative estimate of drug-likeness (QED) is 0.447. The van der Waals surface area contributed by atoms with Crippen LogP contribution in [0.2, 0.25) is 0 Å². The van der Waals surface area contributed by atoms with E-state index in [4.69, 9.17) is 4.84 Å². The van der Waals surface area contributed by atoms with Crippen molar-refractivity contribution in [3.63, 3.8) is 0 Å². The second kappa shape index (κ2) is 8.74. The maximum absolute atomic E-state index is 12.4. The molecule has 0 aliphatic rings. The monoisotopic (exact) mass is 377 g/mol. The summed E-state index contributed by atoms with van der Waals surface area (Å²) in [5, 5.41) is 5.23. The third kappa shape index (κ3) is 4.89. The Morgan fingerprint density at radius 2 is 1.57 bits per heavy atom. The topological polar surface area (TPSA) is 105 Å². The molecule has 0 aliphatic carbocycles. The molecule has 0 unspecified atom stereocenters. The number of aromatic nitrogens is 2. The summed E-state index contributed by atoms with van der Waals surface area (Å²) in [6.07, 6.45) is 0. The van der Waals surface area contributed by atoms with Crippen LogP contribution in [-0.4, -0.2) is 28.9 Å². The highest BCUT2D eigenvalue weighted by Gasteiger charge is 2.10. The van der Waals surface area contributed by atoms with Crippen LogP contribution in [0.15, 0.2) is 60.7 Å². The van der Waals surface area contributed by atoms with Gasteiger partial charge in [0, 0.05) is 28.6 Å². The highest BCUT2D eigenvalue weighted by Crippen LogP contribution is 2.15. The van der Waals surface area contributed by atoms with E-state index in [2.05, 4.69) is 26.1 Å². The lowest BCUT2D eigenvalue weighted by molar-refractivity contribution is 0.103. The van der Waals surface area contributed by atoms with E-state index in [-0.39, 0.29) is 11.7 Å². The van der Waals surface area contributed by atoms with Crippen molar-refractivity contribution in [3.8, 4) is 0 Å². The first-order chi connectivity index (χ1) is 13.5. The second-order valence-corrected chi connectivity index (χ2v) is 5.88. The molecule has 0 saturated carbocycles. The van der Waals surface area contributed by atoms with Crippen LogP contribution in [0.3, 0.4) is 0 Å². The molecule has 3 rings (SSSR count). The third-order valence-electron chi connectivity index (χ3n) is 3.73. The number of nitrogens with one attached hydrogen (secondary N) is 3. The standard InChI is InChI=1S/C20H19N5O3/c1-13-12-17(25-28-2)23-19(21-13)24-20(27)22-16-10-8-15(9-11-16)18(26)14-6-4-3-5-7-14/h3-12H,1-2H3,(H3,21,22,23,24,25,27). The molecule has 8 nitrogen and oxygen atoms in total. The van der Waals surface area contributed by atoms with Gasteiger partial charge in [-0.15, -0.1) is 0 Å². The summed E-state index contributed by atoms with van der Waals surface area (Å²) < 4.78 is 0. The second-order valence-electron chi connectivity index (χ2n) is 5.88. The van der Waals surface area contributed by atoms with Gasteiger partial charge >= 0.3 is 6.03 Å². The summed E-state index contributed by atoms with van der Waals surface area (Å²) in [5.41, 5.74) is 4.93. The molecule has 0 radical (unpaired) electrons. The van der Waals surface area contributed by atoms with Crippen molar-refractivity contribution in [2.75, 3.05) is 23.2 Å². The number of carbonyl (C=O) groups excluding carboxylic acids is 2. The van der Waals surface area contributed by atoms with E-state index in [1.807, 2.05) is 18.2 Å². The molecular weight excluding hydrogens is 358 g/mol. The summed E-state index contributed by atoms with van der Waals surface area (Å²) >= 11 is 0. The number of anilines is 3. The molecule has 0 atom stereocenters. The normalized spacial score (nSPS) is 10.2. The maximum Gasteiger partial charge on any atom is 0.326 e. The van der Waals surface area contributed by atoms with Crippen molar-refractivity contribution in [2.45, 2.75) is 6.92 Å². The predicted octanol–water partition coefficient (Wildman–Crippen LogP) is 3.63. The van der Waals surface area contributed by atoms with Gasteiger partial charge in [-0.2, -0.15) is 4.98 Å². The predicted molar refractivity (Wildman–Crippen MR) is 106 cm³/mol. The molecular formula is C20H19N5O3. The Balaban J connectivity index is 1.64. The van der Waals surface area contributed by atoms with E-state index in [0.717, 1.165) is 0 Å². The zero-order valence-corrected chi connectivity index (χ0v) is 15.4. The number of amides is 2. The Labute approximate surface area is 161 Å². The number of benzene rings is 2. The van der Waals surface area contributed by atoms with Gasteiger partial charge in [-0.1, -0.05) is 30.3 Å². The van der Waals surface area contributed by atoms with Crippen LogP contribution >= 0.6 is 0 Å². The number of carbonyl (C=O) groups is 2. The van der Waals surface area contributed by atoms with Crippen LogP contribution in [0.5, 0.6) is 0 Å². The Hall–Kier alpha value is -3.78. The summed E-state index contributed by atoms with van der Waals surface area (Å²) in [5.74, 6) is 0.477.